The summed E-state index contributed by atoms with van der Waals surface area (Å²) in [5.74, 6) is 5.72. The van der Waals surface area contributed by atoms with E-state index in [-0.39, 0.29) is 0 Å². The van der Waals surface area contributed by atoms with Crippen LogP contribution in [0, 0.1) is 25.7 Å². The number of benzene rings is 1. The molecule has 0 heterocycles. The van der Waals surface area contributed by atoms with Crippen LogP contribution in [0.1, 0.15) is 16.7 Å². The van der Waals surface area contributed by atoms with E-state index in [0.29, 0.717) is 11.6 Å². The molecule has 0 aliphatic carbocycles. The molecule has 0 radical (unpaired) electrons. The summed E-state index contributed by atoms with van der Waals surface area (Å²) in [6.07, 6.45) is 0. The fraction of sp³-hybridized carbons (Fsp3) is 0.273. The fourth-order valence-corrected chi connectivity index (χ4v) is 1.29. The van der Waals surface area contributed by atoms with Gasteiger partial charge in [0.2, 0.25) is 0 Å². The van der Waals surface area contributed by atoms with Crippen molar-refractivity contribution in [2.45, 2.75) is 13.8 Å². The fourth-order valence-electron chi connectivity index (χ4n) is 1.02. The third-order valence-electron chi connectivity index (χ3n) is 1.91. The first-order valence-electron chi connectivity index (χ1n) is 4.11. The van der Waals surface area contributed by atoms with Crippen molar-refractivity contribution in [2.24, 2.45) is 5.73 Å². The van der Waals surface area contributed by atoms with Gasteiger partial charge in [-0.05, 0) is 37.1 Å². The van der Waals surface area contributed by atoms with Gasteiger partial charge in [0.25, 0.3) is 0 Å². The number of aryl methyl sites for hydroxylation is 2. The Kier molecular flexibility index (Phi) is 3.36. The molecule has 0 aliphatic heterocycles. The van der Waals surface area contributed by atoms with Gasteiger partial charge in [0, 0.05) is 5.56 Å². The molecule has 1 rings (SSSR count). The zero-order chi connectivity index (χ0) is 9.84. The number of halogens is 1. The smallest absolute Gasteiger partial charge is 0.0565 e. The van der Waals surface area contributed by atoms with Crippen LogP contribution in [0.3, 0.4) is 0 Å². The van der Waals surface area contributed by atoms with Gasteiger partial charge in [-0.3, -0.25) is 0 Å². The molecule has 0 aromatic heterocycles. The van der Waals surface area contributed by atoms with E-state index in [1.807, 2.05) is 26.0 Å². The van der Waals surface area contributed by atoms with E-state index in [4.69, 9.17) is 17.3 Å². The molecular formula is C11H12ClN. The van der Waals surface area contributed by atoms with Gasteiger partial charge in [-0.2, -0.15) is 0 Å². The van der Waals surface area contributed by atoms with Gasteiger partial charge in [-0.15, -0.1) is 0 Å². The Morgan fingerprint density at radius 1 is 1.31 bits per heavy atom. The lowest BCUT2D eigenvalue weighted by molar-refractivity contribution is 1.30. The molecule has 0 bridgehead atoms. The van der Waals surface area contributed by atoms with Crippen LogP contribution in [0.25, 0.3) is 0 Å². The highest BCUT2D eigenvalue weighted by molar-refractivity contribution is 6.31. The number of rotatable bonds is 0. The second-order valence-corrected chi connectivity index (χ2v) is 3.33. The summed E-state index contributed by atoms with van der Waals surface area (Å²) in [5.41, 5.74) is 8.52. The minimum absolute atomic E-state index is 0.364. The van der Waals surface area contributed by atoms with E-state index in [0.717, 1.165) is 5.56 Å². The van der Waals surface area contributed by atoms with E-state index >= 15 is 0 Å². The molecule has 1 aromatic rings. The molecule has 0 amide bonds. The third kappa shape index (κ3) is 2.48. The highest BCUT2D eigenvalue weighted by atomic mass is 35.5. The Morgan fingerprint density at radius 3 is 2.54 bits per heavy atom. The van der Waals surface area contributed by atoms with Gasteiger partial charge < -0.3 is 5.73 Å². The van der Waals surface area contributed by atoms with Crippen molar-refractivity contribution in [3.8, 4) is 11.8 Å². The topological polar surface area (TPSA) is 26.0 Å². The van der Waals surface area contributed by atoms with Crippen LogP contribution in [-0.4, -0.2) is 6.54 Å². The summed E-state index contributed by atoms with van der Waals surface area (Å²) in [7, 11) is 0. The van der Waals surface area contributed by atoms with Crippen LogP contribution in [0.5, 0.6) is 0 Å². The molecule has 2 heteroatoms. The predicted molar refractivity (Wildman–Crippen MR) is 56.9 cm³/mol. The van der Waals surface area contributed by atoms with E-state index < -0.39 is 0 Å². The predicted octanol–water partition coefficient (Wildman–Crippen LogP) is 2.27. The molecule has 0 saturated carbocycles. The Labute approximate surface area is 83.9 Å². The molecule has 0 aliphatic rings. The van der Waals surface area contributed by atoms with Crippen LogP contribution >= 0.6 is 11.6 Å². The average Bonchev–Trinajstić information content (AvgIpc) is 2.09. The minimum Gasteiger partial charge on any atom is -0.320 e. The van der Waals surface area contributed by atoms with Crippen molar-refractivity contribution in [3.05, 3.63) is 33.8 Å². The van der Waals surface area contributed by atoms with Crippen molar-refractivity contribution in [2.75, 3.05) is 6.54 Å². The van der Waals surface area contributed by atoms with E-state index in [2.05, 4.69) is 11.8 Å². The maximum atomic E-state index is 5.99. The van der Waals surface area contributed by atoms with Gasteiger partial charge >= 0.3 is 0 Å². The van der Waals surface area contributed by atoms with Crippen molar-refractivity contribution < 1.29 is 0 Å². The molecular weight excluding hydrogens is 182 g/mol. The lowest BCUT2D eigenvalue weighted by Crippen LogP contribution is -1.93. The average molecular weight is 194 g/mol. The van der Waals surface area contributed by atoms with Gasteiger partial charge in [0.15, 0.2) is 0 Å². The first-order chi connectivity index (χ1) is 6.15. The zero-order valence-corrected chi connectivity index (χ0v) is 8.57. The highest BCUT2D eigenvalue weighted by Gasteiger charge is 1.99. The molecule has 0 saturated heterocycles. The summed E-state index contributed by atoms with van der Waals surface area (Å²) in [6.45, 7) is 4.43. The number of nitrogens with two attached hydrogens (primary N) is 1. The van der Waals surface area contributed by atoms with Crippen LogP contribution in [0.15, 0.2) is 12.1 Å². The summed E-state index contributed by atoms with van der Waals surface area (Å²) in [6, 6.07) is 3.91. The van der Waals surface area contributed by atoms with Crippen molar-refractivity contribution in [1.82, 2.24) is 0 Å². The normalized spacial score (nSPS) is 9.23. The third-order valence-corrected chi connectivity index (χ3v) is 2.22. The zero-order valence-electron chi connectivity index (χ0n) is 7.82. The number of hydrogen-bond donors (Lipinski definition) is 1. The largest absolute Gasteiger partial charge is 0.320 e. The van der Waals surface area contributed by atoms with Crippen molar-refractivity contribution >= 4 is 11.6 Å². The lowest BCUT2D eigenvalue weighted by Gasteiger charge is -2.02. The van der Waals surface area contributed by atoms with Crippen LogP contribution < -0.4 is 5.73 Å². The van der Waals surface area contributed by atoms with Gasteiger partial charge in [-0.1, -0.05) is 23.4 Å². The molecule has 0 fully saturated rings. The summed E-state index contributed by atoms with van der Waals surface area (Å²) >= 11 is 5.99. The van der Waals surface area contributed by atoms with Crippen LogP contribution in [-0.2, 0) is 0 Å². The summed E-state index contributed by atoms with van der Waals surface area (Å²) < 4.78 is 0. The van der Waals surface area contributed by atoms with E-state index in [1.54, 1.807) is 0 Å². The summed E-state index contributed by atoms with van der Waals surface area (Å²) in [4.78, 5) is 0. The van der Waals surface area contributed by atoms with Crippen molar-refractivity contribution in [1.29, 1.82) is 0 Å². The molecule has 1 nitrogen and oxygen atoms in total. The first-order valence-corrected chi connectivity index (χ1v) is 4.48. The van der Waals surface area contributed by atoms with E-state index in [1.165, 1.54) is 11.1 Å². The maximum Gasteiger partial charge on any atom is 0.0565 e. The molecule has 1 aromatic carbocycles. The van der Waals surface area contributed by atoms with Crippen LogP contribution in [0.4, 0.5) is 0 Å². The quantitative estimate of drug-likeness (QED) is 0.629. The SMILES string of the molecule is Cc1cc(Cl)c(C#CCN)cc1C. The van der Waals surface area contributed by atoms with Gasteiger partial charge in [0.1, 0.15) is 0 Å². The molecule has 0 unspecified atom stereocenters. The van der Waals surface area contributed by atoms with Crippen molar-refractivity contribution in [3.63, 3.8) is 0 Å². The van der Waals surface area contributed by atoms with Crippen LogP contribution in [0.2, 0.25) is 5.02 Å². The molecule has 0 atom stereocenters. The standard InChI is InChI=1S/C11H12ClN/c1-8-6-10(4-3-5-13)11(12)7-9(8)2/h6-7H,5,13H2,1-2H3. The maximum absolute atomic E-state index is 5.99. The van der Waals surface area contributed by atoms with Gasteiger partial charge in [-0.25, -0.2) is 0 Å². The second-order valence-electron chi connectivity index (χ2n) is 2.92. The Bertz CT molecular complexity index is 372. The van der Waals surface area contributed by atoms with Gasteiger partial charge in [0.05, 0.1) is 11.6 Å². The highest BCUT2D eigenvalue weighted by Crippen LogP contribution is 2.19. The molecule has 2 N–H and O–H groups in total. The summed E-state index contributed by atoms with van der Waals surface area (Å²) in [5, 5.41) is 0.698. The Balaban J connectivity index is 3.16. The molecule has 13 heavy (non-hydrogen) atoms. The lowest BCUT2D eigenvalue weighted by atomic mass is 10.1. The minimum atomic E-state index is 0.364. The Hall–Kier alpha value is -0.970. The molecule has 0 spiro atoms. The number of hydrogen-bond acceptors (Lipinski definition) is 1. The first kappa shape index (κ1) is 10.1. The molecule has 68 valence electrons. The van der Waals surface area contributed by atoms with E-state index in [9.17, 15) is 0 Å². The second kappa shape index (κ2) is 4.32. The Morgan fingerprint density at radius 2 is 1.92 bits per heavy atom. The monoisotopic (exact) mass is 193 g/mol.